The van der Waals surface area contributed by atoms with Gasteiger partial charge in [0.2, 0.25) is 0 Å². The molecule has 1 aromatic carbocycles. The number of halogens is 1. The average molecular weight is 488 g/mol. The fourth-order valence-electron chi connectivity index (χ4n) is 4.88. The van der Waals surface area contributed by atoms with Gasteiger partial charge in [-0.05, 0) is 81.2 Å². The Balaban J connectivity index is 1.26. The van der Waals surface area contributed by atoms with Crippen LogP contribution >= 0.6 is 11.8 Å². The number of likely N-dealkylation sites (tertiary alicyclic amines) is 2. The number of piperidine rings is 1. The molecule has 0 aromatic heterocycles. The molecule has 0 spiro atoms. The summed E-state index contributed by atoms with van der Waals surface area (Å²) in [5.41, 5.74) is 3.58. The minimum atomic E-state index is -0.465. The molecule has 3 saturated heterocycles. The lowest BCUT2D eigenvalue weighted by Crippen LogP contribution is -2.45. The molecule has 4 aliphatic rings. The lowest BCUT2D eigenvalue weighted by Gasteiger charge is -2.32. The van der Waals surface area contributed by atoms with Gasteiger partial charge in [-0.25, -0.2) is 14.6 Å². The Hall–Kier alpha value is -2.43. The normalized spacial score (nSPS) is 25.2. The standard InChI is InChI=1S/C24H30FN5O3S/c25-18-6-7-20(33-24(32)29-13-8-19(16-29)28-10-3-1-4-11-28)17(14-18)15-21-22(31)27-23(34-21)30-12-5-2-9-26-30/h6-7,14-15,19,26H,1-5,8-13,16H2/b21-15-/t19-/m1/s1. The highest BCUT2D eigenvalue weighted by Gasteiger charge is 2.32. The Labute approximate surface area is 203 Å². The molecule has 8 nitrogen and oxygen atoms in total. The van der Waals surface area contributed by atoms with Crippen molar-refractivity contribution in [1.82, 2.24) is 20.2 Å². The number of amides is 2. The molecule has 2 amide bonds. The van der Waals surface area contributed by atoms with Crippen LogP contribution in [0.1, 0.15) is 44.1 Å². The number of rotatable bonds is 3. The van der Waals surface area contributed by atoms with Gasteiger partial charge in [0.15, 0.2) is 5.17 Å². The van der Waals surface area contributed by atoms with E-state index in [1.807, 2.05) is 5.01 Å². The Morgan fingerprint density at radius 1 is 1.15 bits per heavy atom. The topological polar surface area (TPSA) is 77.5 Å². The smallest absolute Gasteiger partial charge is 0.410 e. The van der Waals surface area contributed by atoms with Crippen LogP contribution in [0.15, 0.2) is 28.1 Å². The molecule has 0 aliphatic carbocycles. The molecule has 0 unspecified atom stereocenters. The van der Waals surface area contributed by atoms with Crippen molar-refractivity contribution in [2.75, 3.05) is 39.3 Å². The van der Waals surface area contributed by atoms with Gasteiger partial charge in [0, 0.05) is 37.8 Å². The maximum atomic E-state index is 14.1. The van der Waals surface area contributed by atoms with Crippen LogP contribution in [-0.4, -0.2) is 77.3 Å². The quantitative estimate of drug-likeness (QED) is 0.655. The van der Waals surface area contributed by atoms with Crippen LogP contribution in [-0.2, 0) is 4.79 Å². The number of nitrogens with one attached hydrogen (secondary N) is 1. The number of amidine groups is 1. The number of carbonyl (C=O) groups excluding carboxylic acids is 2. The molecule has 182 valence electrons. The summed E-state index contributed by atoms with van der Waals surface area (Å²) < 4.78 is 19.7. The van der Waals surface area contributed by atoms with E-state index in [4.69, 9.17) is 4.74 Å². The van der Waals surface area contributed by atoms with Gasteiger partial charge in [-0.1, -0.05) is 6.42 Å². The Morgan fingerprint density at radius 2 is 1.97 bits per heavy atom. The number of thioether (sulfide) groups is 1. The van der Waals surface area contributed by atoms with Crippen LogP contribution in [0.3, 0.4) is 0 Å². The van der Waals surface area contributed by atoms with Gasteiger partial charge in [-0.3, -0.25) is 14.7 Å². The Bertz CT molecular complexity index is 1000. The number of benzene rings is 1. The maximum Gasteiger partial charge on any atom is 0.415 e. The Kier molecular flexibility index (Phi) is 7.17. The number of hydrogen-bond acceptors (Lipinski definition) is 7. The number of nitrogens with zero attached hydrogens (tertiary/aromatic N) is 4. The first-order valence-corrected chi connectivity index (χ1v) is 12.9. The fourth-order valence-corrected chi connectivity index (χ4v) is 5.79. The van der Waals surface area contributed by atoms with Crippen molar-refractivity contribution in [3.63, 3.8) is 0 Å². The summed E-state index contributed by atoms with van der Waals surface area (Å²) in [6, 6.07) is 4.35. The molecule has 34 heavy (non-hydrogen) atoms. The highest BCUT2D eigenvalue weighted by molar-refractivity contribution is 8.18. The van der Waals surface area contributed by atoms with Crippen molar-refractivity contribution in [3.8, 4) is 5.75 Å². The lowest BCUT2D eigenvalue weighted by atomic mass is 10.1. The van der Waals surface area contributed by atoms with E-state index in [-0.39, 0.29) is 11.7 Å². The number of aliphatic imine (C=N–C) groups is 1. The minimum absolute atomic E-state index is 0.235. The molecule has 4 heterocycles. The van der Waals surface area contributed by atoms with Crippen molar-refractivity contribution >= 4 is 35.0 Å². The van der Waals surface area contributed by atoms with Gasteiger partial charge in [0.1, 0.15) is 11.6 Å². The number of carbonyl (C=O) groups is 2. The zero-order chi connectivity index (χ0) is 23.5. The summed E-state index contributed by atoms with van der Waals surface area (Å²) in [6.07, 6.45) is 7.86. The van der Waals surface area contributed by atoms with E-state index < -0.39 is 11.9 Å². The van der Waals surface area contributed by atoms with Crippen LogP contribution in [0.2, 0.25) is 0 Å². The van der Waals surface area contributed by atoms with Crippen molar-refractivity contribution in [2.24, 2.45) is 4.99 Å². The van der Waals surface area contributed by atoms with Crippen LogP contribution in [0.25, 0.3) is 6.08 Å². The van der Waals surface area contributed by atoms with Gasteiger partial charge < -0.3 is 9.64 Å². The maximum absolute atomic E-state index is 14.1. The van der Waals surface area contributed by atoms with Gasteiger partial charge in [-0.15, -0.1) is 0 Å². The predicted octanol–water partition coefficient (Wildman–Crippen LogP) is 3.46. The molecule has 10 heteroatoms. The summed E-state index contributed by atoms with van der Waals surface area (Å²) in [5, 5.41) is 2.47. The molecule has 4 aliphatic heterocycles. The second-order valence-corrected chi connectivity index (χ2v) is 10.1. The van der Waals surface area contributed by atoms with Crippen molar-refractivity contribution in [1.29, 1.82) is 0 Å². The van der Waals surface area contributed by atoms with Crippen molar-refractivity contribution < 1.29 is 18.7 Å². The highest BCUT2D eigenvalue weighted by atomic mass is 32.2. The monoisotopic (exact) mass is 487 g/mol. The first-order chi connectivity index (χ1) is 16.6. The molecule has 0 saturated carbocycles. The second-order valence-electron chi connectivity index (χ2n) is 9.11. The zero-order valence-electron chi connectivity index (χ0n) is 19.2. The predicted molar refractivity (Wildman–Crippen MR) is 130 cm³/mol. The van der Waals surface area contributed by atoms with Gasteiger partial charge in [-0.2, -0.15) is 4.99 Å². The van der Waals surface area contributed by atoms with Crippen LogP contribution < -0.4 is 10.2 Å². The average Bonchev–Trinajstić information content (AvgIpc) is 3.50. The lowest BCUT2D eigenvalue weighted by molar-refractivity contribution is -0.113. The molecular weight excluding hydrogens is 457 g/mol. The molecule has 1 N–H and O–H groups in total. The number of hydrazine groups is 1. The molecule has 5 rings (SSSR count). The zero-order valence-corrected chi connectivity index (χ0v) is 20.0. The van der Waals surface area contributed by atoms with E-state index in [0.717, 1.165) is 45.4 Å². The summed E-state index contributed by atoms with van der Waals surface area (Å²) in [7, 11) is 0. The molecule has 3 fully saturated rings. The van der Waals surface area contributed by atoms with E-state index in [2.05, 4.69) is 15.3 Å². The third-order valence-electron chi connectivity index (χ3n) is 6.74. The van der Waals surface area contributed by atoms with E-state index >= 15 is 0 Å². The van der Waals surface area contributed by atoms with E-state index in [9.17, 15) is 14.0 Å². The van der Waals surface area contributed by atoms with Gasteiger partial charge in [0.25, 0.3) is 5.91 Å². The third-order valence-corrected chi connectivity index (χ3v) is 7.74. The van der Waals surface area contributed by atoms with Crippen LogP contribution in [0.5, 0.6) is 5.75 Å². The number of hydrogen-bond donors (Lipinski definition) is 1. The van der Waals surface area contributed by atoms with E-state index in [0.29, 0.717) is 34.8 Å². The third kappa shape index (κ3) is 5.29. The van der Waals surface area contributed by atoms with Crippen molar-refractivity contribution in [3.05, 3.63) is 34.5 Å². The molecular formula is C24H30FN5O3S. The summed E-state index contributed by atoms with van der Waals surface area (Å²) >= 11 is 1.24. The van der Waals surface area contributed by atoms with Crippen LogP contribution in [0.4, 0.5) is 9.18 Å². The largest absolute Gasteiger partial charge is 0.415 e. The fraction of sp³-hybridized carbons (Fsp3) is 0.542. The summed E-state index contributed by atoms with van der Waals surface area (Å²) in [5.74, 6) is -0.608. The SMILES string of the molecule is O=C1N=C(N2CCCCN2)S/C1=C\c1cc(F)ccc1OC(=O)N1CC[C@@H](N2CCCCC2)C1. The molecule has 1 atom stereocenters. The van der Waals surface area contributed by atoms with Gasteiger partial charge >= 0.3 is 6.09 Å². The number of ether oxygens (including phenoxy) is 1. The molecule has 0 bridgehead atoms. The summed E-state index contributed by atoms with van der Waals surface area (Å²) in [6.45, 7) is 5.09. The second kappa shape index (κ2) is 10.5. The minimum Gasteiger partial charge on any atom is -0.410 e. The highest BCUT2D eigenvalue weighted by Crippen LogP contribution is 2.33. The van der Waals surface area contributed by atoms with Crippen molar-refractivity contribution in [2.45, 2.75) is 44.6 Å². The van der Waals surface area contributed by atoms with Crippen LogP contribution in [0, 0.1) is 5.82 Å². The van der Waals surface area contributed by atoms with E-state index in [1.165, 1.54) is 49.2 Å². The first kappa shape index (κ1) is 23.3. The first-order valence-electron chi connectivity index (χ1n) is 12.1. The van der Waals surface area contributed by atoms with E-state index in [1.54, 1.807) is 11.0 Å². The molecule has 0 radical (unpaired) electrons. The Morgan fingerprint density at radius 3 is 2.76 bits per heavy atom. The summed E-state index contributed by atoms with van der Waals surface area (Å²) in [4.78, 5) is 34.1. The molecule has 1 aromatic rings. The van der Waals surface area contributed by atoms with Gasteiger partial charge in [0.05, 0.1) is 4.91 Å².